The van der Waals surface area contributed by atoms with Gasteiger partial charge in [-0.3, -0.25) is 9.59 Å². The zero-order valence-corrected chi connectivity index (χ0v) is 18.4. The van der Waals surface area contributed by atoms with Crippen LogP contribution in [0.2, 0.25) is 0 Å². The second kappa shape index (κ2) is 11.9. The van der Waals surface area contributed by atoms with Crippen LogP contribution in [-0.4, -0.2) is 38.3 Å². The van der Waals surface area contributed by atoms with Crippen LogP contribution in [0.15, 0.2) is 54.2 Å². The Kier molecular flexibility index (Phi) is 9.26. The summed E-state index contributed by atoms with van der Waals surface area (Å²) in [5.41, 5.74) is 3.01. The van der Waals surface area contributed by atoms with Crippen LogP contribution in [-0.2, 0) is 4.79 Å². The Balaban J connectivity index is 1.85. The van der Waals surface area contributed by atoms with E-state index in [1.807, 2.05) is 6.07 Å². The molecule has 0 saturated carbocycles. The van der Waals surface area contributed by atoms with Crippen molar-refractivity contribution in [2.45, 2.75) is 6.42 Å². The molecule has 2 N–H and O–H groups in total. The number of methoxy groups -OCH3 is 1. The fraction of sp³-hybridized carbons (Fsp3) is 0.190. The van der Waals surface area contributed by atoms with Crippen LogP contribution in [0.3, 0.4) is 0 Å². The van der Waals surface area contributed by atoms with Gasteiger partial charge in [0.2, 0.25) is 5.91 Å². The monoisotopic (exact) mass is 525 g/mol. The van der Waals surface area contributed by atoms with Gasteiger partial charge < -0.3 is 14.8 Å². The summed E-state index contributed by atoms with van der Waals surface area (Å²) in [7, 11) is 1.53. The molecule has 0 fully saturated rings. The number of ether oxygens (including phenoxy) is 2. The minimum atomic E-state index is -0.616. The molecular formula is C21H21FIN3O4. The number of hydrogen-bond donors (Lipinski definition) is 2. The van der Waals surface area contributed by atoms with Crippen molar-refractivity contribution < 1.29 is 23.5 Å². The van der Waals surface area contributed by atoms with Crippen molar-refractivity contribution in [3.8, 4) is 11.5 Å². The maximum Gasteiger partial charge on any atom is 0.254 e. The quantitative estimate of drug-likeness (QED) is 0.216. The number of amides is 2. The van der Waals surface area contributed by atoms with Gasteiger partial charge >= 0.3 is 0 Å². The second-order valence-electron chi connectivity index (χ2n) is 5.91. The number of hydrazone groups is 1. The van der Waals surface area contributed by atoms with Gasteiger partial charge in [-0.25, -0.2) is 9.82 Å². The average Bonchev–Trinajstić information content (AvgIpc) is 2.72. The molecule has 30 heavy (non-hydrogen) atoms. The zero-order valence-electron chi connectivity index (χ0n) is 16.3. The third-order valence-corrected chi connectivity index (χ3v) is 4.56. The highest BCUT2D eigenvalue weighted by molar-refractivity contribution is 14.1. The number of benzene rings is 2. The van der Waals surface area contributed by atoms with Gasteiger partial charge in [0.1, 0.15) is 12.4 Å². The molecule has 2 aromatic rings. The zero-order chi connectivity index (χ0) is 21.9. The Morgan fingerprint density at radius 1 is 1.30 bits per heavy atom. The summed E-state index contributed by atoms with van der Waals surface area (Å²) in [6.07, 6.45) is 3.10. The van der Waals surface area contributed by atoms with Crippen LogP contribution in [0, 0.1) is 9.39 Å². The molecule has 0 spiro atoms. The van der Waals surface area contributed by atoms with Gasteiger partial charge in [-0.2, -0.15) is 5.10 Å². The highest BCUT2D eigenvalue weighted by atomic mass is 127. The number of nitrogens with one attached hydrogen (secondary N) is 2. The maximum absolute atomic E-state index is 13.5. The van der Waals surface area contributed by atoms with Crippen molar-refractivity contribution in [1.29, 1.82) is 0 Å². The van der Waals surface area contributed by atoms with Gasteiger partial charge in [0, 0.05) is 13.0 Å². The highest BCUT2D eigenvalue weighted by Gasteiger charge is 2.12. The largest absolute Gasteiger partial charge is 0.493 e. The molecule has 9 heteroatoms. The van der Waals surface area contributed by atoms with Gasteiger partial charge in [-0.05, 0) is 52.4 Å². The van der Waals surface area contributed by atoms with Crippen LogP contribution in [0.25, 0.3) is 0 Å². The minimum absolute atomic E-state index is 0.00722. The summed E-state index contributed by atoms with van der Waals surface area (Å²) in [5.74, 6) is -0.454. The predicted molar refractivity (Wildman–Crippen MR) is 120 cm³/mol. The van der Waals surface area contributed by atoms with E-state index in [-0.39, 0.29) is 18.5 Å². The Labute approximate surface area is 187 Å². The molecule has 2 amide bonds. The lowest BCUT2D eigenvalue weighted by molar-refractivity contribution is -0.120. The lowest BCUT2D eigenvalue weighted by Gasteiger charge is -2.12. The fourth-order valence-electron chi connectivity index (χ4n) is 2.36. The van der Waals surface area contributed by atoms with Gasteiger partial charge in [0.05, 0.1) is 22.5 Å². The number of halogens is 2. The SMILES string of the molecule is C=CCOc1c(I)cc(C=NNC(=O)CCNC(=O)c2ccccc2F)cc1OC. The van der Waals surface area contributed by atoms with E-state index in [1.165, 1.54) is 31.5 Å². The van der Waals surface area contributed by atoms with Crippen LogP contribution in [0.4, 0.5) is 4.39 Å². The number of nitrogens with zero attached hydrogens (tertiary/aromatic N) is 1. The van der Waals surface area contributed by atoms with Gasteiger partial charge in [-0.1, -0.05) is 24.8 Å². The van der Waals surface area contributed by atoms with Crippen molar-refractivity contribution >= 4 is 40.6 Å². The van der Waals surface area contributed by atoms with E-state index < -0.39 is 17.6 Å². The van der Waals surface area contributed by atoms with Crippen LogP contribution in [0.1, 0.15) is 22.3 Å². The molecule has 158 valence electrons. The van der Waals surface area contributed by atoms with E-state index in [9.17, 15) is 14.0 Å². The number of rotatable bonds is 10. The Bertz CT molecular complexity index is 950. The molecule has 7 nitrogen and oxygen atoms in total. The summed E-state index contributed by atoms with van der Waals surface area (Å²) in [5, 5.41) is 6.40. The van der Waals surface area contributed by atoms with Gasteiger partial charge in [0.15, 0.2) is 11.5 Å². The van der Waals surface area contributed by atoms with Crippen molar-refractivity contribution in [3.05, 3.63) is 69.6 Å². The predicted octanol–water partition coefficient (Wildman–Crippen LogP) is 3.27. The molecule has 0 saturated heterocycles. The molecular weight excluding hydrogens is 504 g/mol. The first kappa shape index (κ1) is 23.3. The second-order valence-corrected chi connectivity index (χ2v) is 7.07. The third-order valence-electron chi connectivity index (χ3n) is 3.76. The topological polar surface area (TPSA) is 89.0 Å². The van der Waals surface area contributed by atoms with Crippen LogP contribution in [0.5, 0.6) is 11.5 Å². The lowest BCUT2D eigenvalue weighted by atomic mass is 10.2. The molecule has 2 rings (SSSR count). The molecule has 0 unspecified atom stereocenters. The molecule has 0 aliphatic rings. The molecule has 2 aromatic carbocycles. The normalized spacial score (nSPS) is 10.5. The summed E-state index contributed by atoms with van der Waals surface area (Å²) in [6.45, 7) is 4.02. The van der Waals surface area contributed by atoms with Crippen LogP contribution < -0.4 is 20.2 Å². The van der Waals surface area contributed by atoms with E-state index in [1.54, 1.807) is 18.2 Å². The highest BCUT2D eigenvalue weighted by Crippen LogP contribution is 2.33. The first-order chi connectivity index (χ1) is 14.5. The van der Waals surface area contributed by atoms with E-state index in [0.717, 1.165) is 3.57 Å². The fourth-order valence-corrected chi connectivity index (χ4v) is 3.14. The Morgan fingerprint density at radius 2 is 2.07 bits per heavy atom. The molecule has 0 aromatic heterocycles. The average molecular weight is 525 g/mol. The van der Waals surface area contributed by atoms with Crippen molar-refractivity contribution in [3.63, 3.8) is 0 Å². The molecule has 0 aliphatic carbocycles. The molecule has 0 atom stereocenters. The van der Waals surface area contributed by atoms with Crippen molar-refractivity contribution in [2.24, 2.45) is 5.10 Å². The minimum Gasteiger partial charge on any atom is -0.493 e. The third kappa shape index (κ3) is 6.83. The first-order valence-corrected chi connectivity index (χ1v) is 10.00. The van der Waals surface area contributed by atoms with Crippen molar-refractivity contribution in [1.82, 2.24) is 10.7 Å². The van der Waals surface area contributed by atoms with Crippen molar-refractivity contribution in [2.75, 3.05) is 20.3 Å². The molecule has 0 aliphatic heterocycles. The van der Waals surface area contributed by atoms with Gasteiger partial charge in [-0.15, -0.1) is 0 Å². The number of carbonyl (C=O) groups excluding carboxylic acids is 2. The van der Waals surface area contributed by atoms with E-state index in [0.29, 0.717) is 23.7 Å². The number of hydrogen-bond acceptors (Lipinski definition) is 5. The van der Waals surface area contributed by atoms with Gasteiger partial charge in [0.25, 0.3) is 5.91 Å². The lowest BCUT2D eigenvalue weighted by Crippen LogP contribution is -2.29. The Morgan fingerprint density at radius 3 is 2.77 bits per heavy atom. The number of carbonyl (C=O) groups is 2. The summed E-state index contributed by atoms with van der Waals surface area (Å²) in [6, 6.07) is 9.18. The Hall–Kier alpha value is -2.95. The maximum atomic E-state index is 13.5. The first-order valence-electron chi connectivity index (χ1n) is 8.92. The molecule has 0 radical (unpaired) electrons. The summed E-state index contributed by atoms with van der Waals surface area (Å²) in [4.78, 5) is 23.8. The van der Waals surface area contributed by atoms with E-state index in [4.69, 9.17) is 9.47 Å². The standard InChI is InChI=1S/C21H21FIN3O4/c1-3-10-30-20-17(23)11-14(12-18(20)29-2)13-25-26-19(27)8-9-24-21(28)15-6-4-5-7-16(15)22/h3-7,11-13H,1,8-10H2,2H3,(H,24,28)(H,26,27). The summed E-state index contributed by atoms with van der Waals surface area (Å²) < 4.78 is 25.3. The molecule has 0 bridgehead atoms. The molecule has 0 heterocycles. The van der Waals surface area contributed by atoms with E-state index in [2.05, 4.69) is 45.0 Å². The summed E-state index contributed by atoms with van der Waals surface area (Å²) >= 11 is 2.12. The smallest absolute Gasteiger partial charge is 0.254 e. The van der Waals surface area contributed by atoms with Crippen LogP contribution >= 0.6 is 22.6 Å². The van der Waals surface area contributed by atoms with E-state index >= 15 is 0 Å².